The molecule has 0 aliphatic carbocycles. The van der Waals surface area contributed by atoms with Crippen molar-refractivity contribution in [2.24, 2.45) is 0 Å². The fourth-order valence-electron chi connectivity index (χ4n) is 2.52. The number of imidazole rings is 1. The van der Waals surface area contributed by atoms with E-state index in [4.69, 9.17) is 10.5 Å². The summed E-state index contributed by atoms with van der Waals surface area (Å²) in [7, 11) is 0. The van der Waals surface area contributed by atoms with Gasteiger partial charge >= 0.3 is 129 Å². The van der Waals surface area contributed by atoms with Crippen LogP contribution in [0.15, 0.2) is 25.3 Å². The van der Waals surface area contributed by atoms with E-state index >= 15 is 0 Å². The van der Waals surface area contributed by atoms with Gasteiger partial charge in [0.05, 0.1) is 0 Å². The van der Waals surface area contributed by atoms with Gasteiger partial charge in [-0.2, -0.15) is 0 Å². The molecule has 1 saturated heterocycles. The molecule has 2 aromatic rings. The summed E-state index contributed by atoms with van der Waals surface area (Å²) in [6.45, 7) is 3.71. The van der Waals surface area contributed by atoms with Crippen molar-refractivity contribution in [2.45, 2.75) is 36.1 Å². The van der Waals surface area contributed by atoms with Crippen LogP contribution in [0.4, 0.5) is 5.82 Å². The van der Waals surface area contributed by atoms with Crippen molar-refractivity contribution >= 4 is 33.0 Å². The zero-order valence-corrected chi connectivity index (χ0v) is 13.0. The van der Waals surface area contributed by atoms with Gasteiger partial charge in [0, 0.05) is 0 Å². The maximum absolute atomic E-state index is 10.4. The number of aliphatic hydroxyl groups excluding tert-OH is 1. The van der Waals surface area contributed by atoms with E-state index in [1.54, 1.807) is 10.9 Å². The third kappa shape index (κ3) is 2.44. The predicted octanol–water partition coefficient (Wildman–Crippen LogP) is 0.590. The summed E-state index contributed by atoms with van der Waals surface area (Å²) in [5.74, 6) is 0.314. The van der Waals surface area contributed by atoms with Crippen molar-refractivity contribution in [1.82, 2.24) is 19.5 Å². The molecule has 3 heterocycles. The monoisotopic (exact) mass is 354 g/mol. The van der Waals surface area contributed by atoms with Gasteiger partial charge in [-0.1, -0.05) is 0 Å². The molecule has 0 bridgehead atoms. The quantitative estimate of drug-likeness (QED) is 0.617. The first-order valence-electron chi connectivity index (χ1n) is 6.66. The van der Waals surface area contributed by atoms with Gasteiger partial charge in [0.25, 0.3) is 0 Å². The van der Waals surface area contributed by atoms with E-state index in [1.807, 2.05) is 6.08 Å². The van der Waals surface area contributed by atoms with Crippen LogP contribution in [0, 0.1) is 0 Å². The van der Waals surface area contributed by atoms with Gasteiger partial charge in [-0.15, -0.1) is 0 Å². The van der Waals surface area contributed by atoms with Gasteiger partial charge in [-0.05, 0) is 0 Å². The number of hydrogen-bond acceptors (Lipinski definition) is 6. The van der Waals surface area contributed by atoms with Crippen LogP contribution < -0.4 is 5.73 Å². The number of aromatic nitrogens is 4. The molecule has 4 atom stereocenters. The molecular weight excluding hydrogens is 337 g/mol. The van der Waals surface area contributed by atoms with Crippen LogP contribution >= 0.6 is 0 Å². The zero-order valence-electron chi connectivity index (χ0n) is 11.3. The van der Waals surface area contributed by atoms with E-state index in [-0.39, 0.29) is 10.9 Å². The molecule has 8 heteroatoms. The molecule has 0 spiro atoms. The Balaban J connectivity index is 1.92. The predicted molar refractivity (Wildman–Crippen MR) is 78.6 cm³/mol. The number of nitrogens with zero attached hydrogens (tertiary/aromatic N) is 4. The Morgan fingerprint density at radius 1 is 1.48 bits per heavy atom. The molecule has 1 aliphatic heterocycles. The van der Waals surface area contributed by atoms with Gasteiger partial charge < -0.3 is 0 Å². The molecule has 0 unspecified atom stereocenters. The van der Waals surface area contributed by atoms with Crippen LogP contribution in [-0.2, 0) is 4.74 Å². The molecule has 0 amide bonds. The molecule has 21 heavy (non-hydrogen) atoms. The molecule has 1 radical (unpaired) electrons. The van der Waals surface area contributed by atoms with Crippen LogP contribution in [0.2, 0.25) is 4.82 Å². The van der Waals surface area contributed by atoms with Crippen LogP contribution in [0.1, 0.15) is 19.1 Å². The fourth-order valence-corrected chi connectivity index (χ4v) is 3.22. The minimum absolute atomic E-state index is 0.0698. The molecule has 111 valence electrons. The van der Waals surface area contributed by atoms with Crippen molar-refractivity contribution in [3.8, 4) is 0 Å². The number of allylic oxidation sites excluding steroid dienone is 1. The first-order valence-corrected chi connectivity index (χ1v) is 7.65. The molecule has 1 fully saturated rings. The van der Waals surface area contributed by atoms with Crippen molar-refractivity contribution in [2.75, 3.05) is 5.73 Å². The van der Waals surface area contributed by atoms with Gasteiger partial charge in [-0.3, -0.25) is 0 Å². The molecular formula is C13H16N5O2Se. The second-order valence-corrected chi connectivity index (χ2v) is 6.11. The van der Waals surface area contributed by atoms with Gasteiger partial charge in [-0.25, -0.2) is 0 Å². The summed E-state index contributed by atoms with van der Waals surface area (Å²) >= 11 is 3.00. The standard InChI is InChI=1S/C13H16N5O2Se/c1-2-3-4-7-10(21)9(19)13(20-7)18-6-17-8-11(14)15-5-16-12(8)18/h2,5-7,9-10,13,19H,1,3-4H2,(H2,14,15,16)/t7-,9-,10-,13-/m1/s1. The second kappa shape index (κ2) is 5.73. The second-order valence-electron chi connectivity index (χ2n) is 4.97. The van der Waals surface area contributed by atoms with Crippen LogP contribution in [0.25, 0.3) is 11.2 Å². The summed E-state index contributed by atoms with van der Waals surface area (Å²) in [4.78, 5) is 12.2. The van der Waals surface area contributed by atoms with E-state index in [1.165, 1.54) is 6.33 Å². The van der Waals surface area contributed by atoms with E-state index in [0.717, 1.165) is 12.8 Å². The van der Waals surface area contributed by atoms with E-state index in [9.17, 15) is 5.11 Å². The van der Waals surface area contributed by atoms with E-state index in [2.05, 4.69) is 37.5 Å². The van der Waals surface area contributed by atoms with Gasteiger partial charge in [0.15, 0.2) is 0 Å². The summed E-state index contributed by atoms with van der Waals surface area (Å²) in [5, 5.41) is 10.4. The Morgan fingerprint density at radius 3 is 3.05 bits per heavy atom. The molecule has 1 aliphatic rings. The average molecular weight is 353 g/mol. The number of fused-ring (bicyclic) bond motifs is 1. The molecule has 2 aromatic heterocycles. The summed E-state index contributed by atoms with van der Waals surface area (Å²) in [6.07, 6.45) is 5.16. The summed E-state index contributed by atoms with van der Waals surface area (Å²) in [5.41, 5.74) is 6.85. The van der Waals surface area contributed by atoms with Gasteiger partial charge in [0.1, 0.15) is 0 Å². The Bertz CT molecular complexity index is 661. The average Bonchev–Trinajstić information content (AvgIpc) is 3.02. The van der Waals surface area contributed by atoms with Crippen LogP contribution in [0.5, 0.6) is 0 Å². The van der Waals surface area contributed by atoms with E-state index < -0.39 is 12.3 Å². The normalized spacial score (nSPS) is 29.0. The summed E-state index contributed by atoms with van der Waals surface area (Å²) < 4.78 is 7.68. The Labute approximate surface area is 130 Å². The van der Waals surface area contributed by atoms with Crippen molar-refractivity contribution in [3.63, 3.8) is 0 Å². The Kier molecular flexibility index (Phi) is 3.95. The number of hydrogen-bond donors (Lipinski definition) is 2. The first kappa shape index (κ1) is 14.5. The third-order valence-corrected chi connectivity index (χ3v) is 4.85. The molecule has 0 saturated carbocycles. The summed E-state index contributed by atoms with van der Waals surface area (Å²) in [6, 6.07) is 0. The fraction of sp³-hybridized carbons (Fsp3) is 0.462. The molecule has 0 aromatic carbocycles. The topological polar surface area (TPSA) is 99.1 Å². The van der Waals surface area contributed by atoms with Crippen LogP contribution in [0.3, 0.4) is 0 Å². The van der Waals surface area contributed by atoms with Crippen LogP contribution in [-0.4, -0.2) is 52.8 Å². The number of anilines is 1. The minimum atomic E-state index is -0.673. The number of aliphatic hydroxyl groups is 1. The van der Waals surface area contributed by atoms with E-state index in [0.29, 0.717) is 17.0 Å². The third-order valence-electron chi connectivity index (χ3n) is 3.63. The zero-order chi connectivity index (χ0) is 15.0. The van der Waals surface area contributed by atoms with Crippen molar-refractivity contribution in [3.05, 3.63) is 25.3 Å². The molecule has 3 rings (SSSR count). The number of ether oxygens (including phenoxy) is 1. The van der Waals surface area contributed by atoms with Crippen molar-refractivity contribution < 1.29 is 9.84 Å². The molecule has 7 nitrogen and oxygen atoms in total. The SMILES string of the molecule is C=CCC[C@H]1O[C@@H](n2cnc3c(N)ncnc32)[C@H](O)[C@@H]1[Se]. The number of nitrogen functional groups attached to an aromatic ring is 1. The maximum atomic E-state index is 10.4. The number of nitrogens with two attached hydrogens (primary N) is 1. The first-order chi connectivity index (χ1) is 10.1. The van der Waals surface area contributed by atoms with Gasteiger partial charge in [0.2, 0.25) is 0 Å². The number of rotatable bonds is 4. The van der Waals surface area contributed by atoms with Crippen molar-refractivity contribution in [1.29, 1.82) is 0 Å². The Morgan fingerprint density at radius 2 is 2.29 bits per heavy atom. The Hall–Kier alpha value is -1.47. The molecule has 3 N–H and O–H groups in total.